The van der Waals surface area contributed by atoms with Crippen LogP contribution in [0.25, 0.3) is 0 Å². The molecule has 0 radical (unpaired) electrons. The zero-order chi connectivity index (χ0) is 14.2. The Morgan fingerprint density at radius 3 is 2.62 bits per heavy atom. The van der Waals surface area contributed by atoms with Gasteiger partial charge in [-0.1, -0.05) is 48.5 Å². The number of aliphatic hydroxyl groups is 1. The SMILES string of the molecule is OC(C1COc2ccccc2C1)C1CC1c1ccccc1. The predicted octanol–water partition coefficient (Wildman–Crippen LogP) is 3.40. The minimum Gasteiger partial charge on any atom is -0.493 e. The van der Waals surface area contributed by atoms with Gasteiger partial charge in [0.1, 0.15) is 5.75 Å². The van der Waals surface area contributed by atoms with Gasteiger partial charge in [-0.25, -0.2) is 0 Å². The second kappa shape index (κ2) is 5.19. The second-order valence-electron chi connectivity index (χ2n) is 6.29. The highest BCUT2D eigenvalue weighted by Crippen LogP contribution is 2.51. The van der Waals surface area contributed by atoms with E-state index in [4.69, 9.17) is 4.74 Å². The van der Waals surface area contributed by atoms with Crippen molar-refractivity contribution in [3.63, 3.8) is 0 Å². The zero-order valence-electron chi connectivity index (χ0n) is 12.0. The highest BCUT2D eigenvalue weighted by molar-refractivity contribution is 5.35. The number of para-hydroxylation sites is 1. The third-order valence-corrected chi connectivity index (χ3v) is 4.90. The topological polar surface area (TPSA) is 29.5 Å². The van der Waals surface area contributed by atoms with Gasteiger partial charge in [0, 0.05) is 5.92 Å². The minimum atomic E-state index is -0.261. The number of hydrogen-bond acceptors (Lipinski definition) is 2. The van der Waals surface area contributed by atoms with Crippen LogP contribution in [0.5, 0.6) is 5.75 Å². The van der Waals surface area contributed by atoms with E-state index < -0.39 is 0 Å². The first-order valence-electron chi connectivity index (χ1n) is 7.76. The molecule has 1 aliphatic heterocycles. The molecule has 4 unspecified atom stereocenters. The van der Waals surface area contributed by atoms with E-state index in [0.29, 0.717) is 18.4 Å². The summed E-state index contributed by atoms with van der Waals surface area (Å²) in [6.45, 7) is 0.635. The number of rotatable bonds is 3. The Hall–Kier alpha value is -1.80. The van der Waals surface area contributed by atoms with E-state index in [0.717, 1.165) is 18.6 Å². The number of fused-ring (bicyclic) bond motifs is 1. The van der Waals surface area contributed by atoms with Crippen molar-refractivity contribution in [2.45, 2.75) is 24.9 Å². The standard InChI is InChI=1S/C19H20O2/c20-19(17-11-16(17)13-6-2-1-3-7-13)15-10-14-8-4-5-9-18(14)21-12-15/h1-9,15-17,19-20H,10-12H2. The molecule has 0 aromatic heterocycles. The summed E-state index contributed by atoms with van der Waals surface area (Å²) in [5, 5.41) is 10.7. The summed E-state index contributed by atoms with van der Waals surface area (Å²) >= 11 is 0. The third-order valence-electron chi connectivity index (χ3n) is 4.90. The monoisotopic (exact) mass is 280 g/mol. The Bertz CT molecular complexity index is 622. The molecule has 2 aliphatic rings. The van der Waals surface area contributed by atoms with Crippen molar-refractivity contribution in [2.75, 3.05) is 6.61 Å². The van der Waals surface area contributed by atoms with Crippen molar-refractivity contribution >= 4 is 0 Å². The van der Waals surface area contributed by atoms with Crippen molar-refractivity contribution in [3.8, 4) is 5.75 Å². The summed E-state index contributed by atoms with van der Waals surface area (Å²) in [4.78, 5) is 0. The van der Waals surface area contributed by atoms with Crippen LogP contribution < -0.4 is 4.74 Å². The lowest BCUT2D eigenvalue weighted by molar-refractivity contribution is 0.0475. The Morgan fingerprint density at radius 1 is 1.00 bits per heavy atom. The predicted molar refractivity (Wildman–Crippen MR) is 82.4 cm³/mol. The molecule has 0 amide bonds. The van der Waals surface area contributed by atoms with Crippen LogP contribution >= 0.6 is 0 Å². The first-order chi connectivity index (χ1) is 10.3. The lowest BCUT2D eigenvalue weighted by Gasteiger charge is -2.29. The van der Waals surface area contributed by atoms with Crippen molar-refractivity contribution in [1.29, 1.82) is 0 Å². The van der Waals surface area contributed by atoms with Crippen molar-refractivity contribution < 1.29 is 9.84 Å². The molecule has 21 heavy (non-hydrogen) atoms. The van der Waals surface area contributed by atoms with E-state index in [2.05, 4.69) is 30.3 Å². The summed E-state index contributed by atoms with van der Waals surface area (Å²) < 4.78 is 5.82. The smallest absolute Gasteiger partial charge is 0.122 e. The quantitative estimate of drug-likeness (QED) is 0.933. The highest BCUT2D eigenvalue weighted by Gasteiger charge is 2.46. The lowest BCUT2D eigenvalue weighted by atomic mass is 9.89. The van der Waals surface area contributed by atoms with E-state index in [1.54, 1.807) is 0 Å². The molecule has 0 saturated heterocycles. The average Bonchev–Trinajstić information content (AvgIpc) is 3.35. The summed E-state index contributed by atoms with van der Waals surface area (Å²) in [6, 6.07) is 18.7. The average molecular weight is 280 g/mol. The van der Waals surface area contributed by atoms with Gasteiger partial charge >= 0.3 is 0 Å². The fraction of sp³-hybridized carbons (Fsp3) is 0.368. The van der Waals surface area contributed by atoms with Gasteiger partial charge in [-0.05, 0) is 41.9 Å². The summed E-state index contributed by atoms with van der Waals surface area (Å²) in [5.41, 5.74) is 2.59. The molecule has 1 heterocycles. The molecule has 2 aromatic rings. The number of benzene rings is 2. The minimum absolute atomic E-state index is 0.221. The molecule has 1 aliphatic carbocycles. The van der Waals surface area contributed by atoms with Gasteiger partial charge in [0.05, 0.1) is 12.7 Å². The summed E-state index contributed by atoms with van der Waals surface area (Å²) in [6.07, 6.45) is 1.77. The van der Waals surface area contributed by atoms with E-state index >= 15 is 0 Å². The van der Waals surface area contributed by atoms with Crippen molar-refractivity contribution in [3.05, 3.63) is 65.7 Å². The fourth-order valence-electron chi connectivity index (χ4n) is 3.60. The van der Waals surface area contributed by atoms with Crippen LogP contribution in [0.3, 0.4) is 0 Å². The number of hydrogen-bond donors (Lipinski definition) is 1. The molecule has 0 bridgehead atoms. The van der Waals surface area contributed by atoms with Crippen LogP contribution in [0, 0.1) is 11.8 Å². The molecule has 0 spiro atoms. The van der Waals surface area contributed by atoms with E-state index in [9.17, 15) is 5.11 Å². The highest BCUT2D eigenvalue weighted by atomic mass is 16.5. The molecule has 2 aromatic carbocycles. The maximum atomic E-state index is 10.7. The molecular formula is C19H20O2. The largest absolute Gasteiger partial charge is 0.493 e. The van der Waals surface area contributed by atoms with E-state index in [1.807, 2.05) is 24.3 Å². The Morgan fingerprint density at radius 2 is 1.76 bits per heavy atom. The molecule has 4 atom stereocenters. The maximum Gasteiger partial charge on any atom is 0.122 e. The van der Waals surface area contributed by atoms with Crippen LogP contribution in [-0.4, -0.2) is 17.8 Å². The van der Waals surface area contributed by atoms with Gasteiger partial charge in [0.2, 0.25) is 0 Å². The molecule has 2 nitrogen and oxygen atoms in total. The van der Waals surface area contributed by atoms with E-state index in [-0.39, 0.29) is 12.0 Å². The summed E-state index contributed by atoms with van der Waals surface area (Å²) in [5.74, 6) is 2.12. The molecule has 2 heteroatoms. The molecule has 1 fully saturated rings. The molecule has 108 valence electrons. The molecule has 1 saturated carbocycles. The first kappa shape index (κ1) is 12.9. The van der Waals surface area contributed by atoms with Crippen molar-refractivity contribution in [2.24, 2.45) is 11.8 Å². The van der Waals surface area contributed by atoms with Gasteiger partial charge < -0.3 is 9.84 Å². The van der Waals surface area contributed by atoms with Gasteiger partial charge in [-0.3, -0.25) is 0 Å². The number of ether oxygens (including phenoxy) is 1. The van der Waals surface area contributed by atoms with Gasteiger partial charge in [-0.15, -0.1) is 0 Å². The Balaban J connectivity index is 1.45. The van der Waals surface area contributed by atoms with Crippen LogP contribution in [-0.2, 0) is 6.42 Å². The van der Waals surface area contributed by atoms with Gasteiger partial charge in [0.15, 0.2) is 0 Å². The maximum absolute atomic E-state index is 10.7. The lowest BCUT2D eigenvalue weighted by Crippen LogP contribution is -2.33. The van der Waals surface area contributed by atoms with Gasteiger partial charge in [0.25, 0.3) is 0 Å². The van der Waals surface area contributed by atoms with Crippen LogP contribution in [0.2, 0.25) is 0 Å². The van der Waals surface area contributed by atoms with Crippen LogP contribution in [0.15, 0.2) is 54.6 Å². The molecular weight excluding hydrogens is 260 g/mol. The van der Waals surface area contributed by atoms with Crippen LogP contribution in [0.1, 0.15) is 23.5 Å². The Labute approximate surface area is 125 Å². The van der Waals surface area contributed by atoms with Gasteiger partial charge in [-0.2, -0.15) is 0 Å². The molecule has 4 rings (SSSR count). The van der Waals surface area contributed by atoms with Crippen molar-refractivity contribution in [1.82, 2.24) is 0 Å². The first-order valence-corrected chi connectivity index (χ1v) is 7.76. The second-order valence-corrected chi connectivity index (χ2v) is 6.29. The fourth-order valence-corrected chi connectivity index (χ4v) is 3.60. The normalized spacial score (nSPS) is 28.3. The zero-order valence-corrected chi connectivity index (χ0v) is 12.0. The third kappa shape index (κ3) is 2.44. The molecule has 1 N–H and O–H groups in total. The van der Waals surface area contributed by atoms with E-state index in [1.165, 1.54) is 11.1 Å². The van der Waals surface area contributed by atoms with Crippen LogP contribution in [0.4, 0.5) is 0 Å². The number of aliphatic hydroxyl groups excluding tert-OH is 1. The Kier molecular flexibility index (Phi) is 3.19. The summed E-state index contributed by atoms with van der Waals surface area (Å²) in [7, 11) is 0.